The summed E-state index contributed by atoms with van der Waals surface area (Å²) in [6.07, 6.45) is -9.69. The molecule has 1 N–H and O–H groups in total. The van der Waals surface area contributed by atoms with Crippen molar-refractivity contribution in [3.63, 3.8) is 0 Å². The van der Waals surface area contributed by atoms with Crippen molar-refractivity contribution in [1.82, 2.24) is 0 Å². The van der Waals surface area contributed by atoms with Gasteiger partial charge in [0, 0.05) is 0 Å². The van der Waals surface area contributed by atoms with Crippen molar-refractivity contribution in [2.24, 2.45) is 0 Å². The molecule has 1 rings (SSSR count). The van der Waals surface area contributed by atoms with Gasteiger partial charge in [-0.05, 0) is 28.1 Å². The first-order valence-corrected chi connectivity index (χ1v) is 7.23. The minimum atomic E-state index is -5.12. The molecule has 26 heavy (non-hydrogen) atoms. The van der Waals surface area contributed by atoms with Crippen molar-refractivity contribution in [3.05, 3.63) is 39.5 Å². The summed E-state index contributed by atoms with van der Waals surface area (Å²) in [6.45, 7) is 0. The van der Waals surface area contributed by atoms with Gasteiger partial charge in [0.2, 0.25) is 0 Å². The molecule has 0 amide bonds. The second kappa shape index (κ2) is 7.98. The maximum atomic E-state index is 13.0. The van der Waals surface area contributed by atoms with Crippen LogP contribution in [0, 0.1) is 0 Å². The molecule has 0 fully saturated rings. The Balaban J connectivity index is 3.57. The van der Waals surface area contributed by atoms with Crippen LogP contribution in [0.5, 0.6) is 0 Å². The van der Waals surface area contributed by atoms with Crippen molar-refractivity contribution >= 4 is 33.6 Å². The minimum absolute atomic E-state index is 0.0862. The van der Waals surface area contributed by atoms with E-state index < -0.39 is 51.3 Å². The zero-order valence-electron chi connectivity index (χ0n) is 13.0. The molecule has 0 aliphatic heterocycles. The highest BCUT2D eigenvalue weighted by molar-refractivity contribution is 9.10. The molecule has 144 valence electrons. The van der Waals surface area contributed by atoms with Gasteiger partial charge in [0.05, 0.1) is 41.6 Å². The van der Waals surface area contributed by atoms with Gasteiger partial charge in [-0.2, -0.15) is 26.3 Å². The fourth-order valence-electron chi connectivity index (χ4n) is 1.66. The van der Waals surface area contributed by atoms with Crippen LogP contribution in [0.4, 0.5) is 32.0 Å². The molecule has 5 nitrogen and oxygen atoms in total. The maximum absolute atomic E-state index is 13.0. The molecule has 0 saturated carbocycles. The number of hydrogen-bond donors (Lipinski definition) is 1. The second-order valence-electron chi connectivity index (χ2n) is 4.58. The highest BCUT2D eigenvalue weighted by atomic mass is 79.9. The first-order chi connectivity index (χ1) is 11.8. The van der Waals surface area contributed by atoms with Crippen LogP contribution in [0.25, 0.3) is 0 Å². The number of anilines is 1. The molecule has 1 aromatic rings. The van der Waals surface area contributed by atoms with Crippen LogP contribution >= 0.6 is 15.9 Å². The summed E-state index contributed by atoms with van der Waals surface area (Å²) < 4.78 is 85.6. The average Bonchev–Trinajstić information content (AvgIpc) is 2.52. The minimum Gasteiger partial charge on any atom is -0.466 e. The molecule has 0 aliphatic rings. The van der Waals surface area contributed by atoms with Gasteiger partial charge in [-0.15, -0.1) is 0 Å². The van der Waals surface area contributed by atoms with Crippen LogP contribution in [0.3, 0.4) is 0 Å². The van der Waals surface area contributed by atoms with Crippen LogP contribution in [0.2, 0.25) is 0 Å². The first kappa shape index (κ1) is 21.8. The lowest BCUT2D eigenvalue weighted by atomic mass is 10.1. The number of carbonyl (C=O) groups is 2. The van der Waals surface area contributed by atoms with Crippen LogP contribution < -0.4 is 5.32 Å². The molecular weight excluding hydrogens is 440 g/mol. The number of esters is 2. The third-order valence-electron chi connectivity index (χ3n) is 2.84. The van der Waals surface area contributed by atoms with Crippen molar-refractivity contribution in [3.8, 4) is 0 Å². The van der Waals surface area contributed by atoms with Crippen LogP contribution in [-0.2, 0) is 31.4 Å². The lowest BCUT2D eigenvalue weighted by molar-refractivity contribution is -0.143. The molecule has 0 aliphatic carbocycles. The highest BCUT2D eigenvalue weighted by Gasteiger charge is 2.39. The molecular formula is C14H10BrF6NO4. The van der Waals surface area contributed by atoms with E-state index in [9.17, 15) is 35.9 Å². The van der Waals surface area contributed by atoms with E-state index >= 15 is 0 Å². The first-order valence-electron chi connectivity index (χ1n) is 6.44. The van der Waals surface area contributed by atoms with Gasteiger partial charge in [-0.3, -0.25) is 0 Å². The Bertz CT molecular complexity index is 742. The Hall–Kier alpha value is -2.24. The standard InChI is InChI=1S/C14H10BrF6NO4/c1-25-10(23)5-9(12(24)26-2)22-8-4-6(13(16,17)18)3-7(11(8)15)14(19,20)21/h3-5,22H,1-2H3/b9-5+. The largest absolute Gasteiger partial charge is 0.466 e. The summed E-state index contributed by atoms with van der Waals surface area (Å²) >= 11 is 2.56. The predicted molar refractivity (Wildman–Crippen MR) is 79.9 cm³/mol. The quantitative estimate of drug-likeness (QED) is 0.425. The summed E-state index contributed by atoms with van der Waals surface area (Å²) in [4.78, 5) is 22.9. The molecule has 0 atom stereocenters. The topological polar surface area (TPSA) is 64.6 Å². The van der Waals surface area contributed by atoms with Crippen molar-refractivity contribution in [1.29, 1.82) is 0 Å². The number of nitrogens with one attached hydrogen (secondary N) is 1. The third-order valence-corrected chi connectivity index (χ3v) is 3.70. The highest BCUT2D eigenvalue weighted by Crippen LogP contribution is 2.43. The monoisotopic (exact) mass is 449 g/mol. The molecule has 1 aromatic carbocycles. The molecule has 0 bridgehead atoms. The lowest BCUT2D eigenvalue weighted by Crippen LogP contribution is -2.18. The van der Waals surface area contributed by atoms with Crippen LogP contribution in [0.1, 0.15) is 11.1 Å². The fraction of sp³-hybridized carbons (Fsp3) is 0.286. The maximum Gasteiger partial charge on any atom is 0.417 e. The van der Waals surface area contributed by atoms with Crippen molar-refractivity contribution < 1.29 is 45.4 Å². The van der Waals surface area contributed by atoms with Gasteiger partial charge in [0.25, 0.3) is 0 Å². The van der Waals surface area contributed by atoms with Gasteiger partial charge in [-0.1, -0.05) is 0 Å². The van der Waals surface area contributed by atoms with Crippen molar-refractivity contribution in [2.45, 2.75) is 12.4 Å². The van der Waals surface area contributed by atoms with Gasteiger partial charge in [0.1, 0.15) is 5.70 Å². The lowest BCUT2D eigenvalue weighted by Gasteiger charge is -2.18. The Morgan fingerprint density at radius 2 is 1.62 bits per heavy atom. The number of ether oxygens (including phenoxy) is 2. The zero-order chi connectivity index (χ0) is 20.3. The Morgan fingerprint density at radius 1 is 1.04 bits per heavy atom. The van der Waals surface area contributed by atoms with Gasteiger partial charge < -0.3 is 14.8 Å². The molecule has 0 saturated heterocycles. The van der Waals surface area contributed by atoms with E-state index in [0.717, 1.165) is 14.2 Å². The Kier molecular flexibility index (Phi) is 6.69. The second-order valence-corrected chi connectivity index (χ2v) is 5.37. The Labute approximate surface area is 151 Å². The molecule has 0 aromatic heterocycles. The fourth-order valence-corrected chi connectivity index (χ4v) is 2.22. The SMILES string of the molecule is COC(=O)/C=C(/Nc1cc(C(F)(F)F)cc(C(F)(F)F)c1Br)C(=O)OC. The van der Waals surface area contributed by atoms with E-state index in [1.54, 1.807) is 0 Å². The summed E-state index contributed by atoms with van der Waals surface area (Å²) in [7, 11) is 1.85. The number of halogens is 7. The van der Waals surface area contributed by atoms with E-state index in [1.165, 1.54) is 0 Å². The van der Waals surface area contributed by atoms with Crippen LogP contribution in [0.15, 0.2) is 28.4 Å². The number of methoxy groups -OCH3 is 2. The van der Waals surface area contributed by atoms with E-state index in [4.69, 9.17) is 0 Å². The number of alkyl halides is 6. The average molecular weight is 450 g/mol. The Morgan fingerprint density at radius 3 is 2.04 bits per heavy atom. The van der Waals surface area contributed by atoms with Gasteiger partial charge in [0.15, 0.2) is 0 Å². The molecule has 0 radical (unpaired) electrons. The molecule has 0 unspecified atom stereocenters. The summed E-state index contributed by atoms with van der Waals surface area (Å²) in [5, 5.41) is 2.03. The zero-order valence-corrected chi connectivity index (χ0v) is 14.6. The number of carbonyl (C=O) groups excluding carboxylic acids is 2. The third kappa shape index (κ3) is 5.38. The molecule has 12 heteroatoms. The van der Waals surface area contributed by atoms with E-state index in [0.29, 0.717) is 12.1 Å². The molecule has 0 heterocycles. The van der Waals surface area contributed by atoms with E-state index in [2.05, 4.69) is 25.4 Å². The van der Waals surface area contributed by atoms with E-state index in [1.807, 2.05) is 5.32 Å². The summed E-state index contributed by atoms with van der Waals surface area (Å²) in [5.74, 6) is -2.30. The smallest absolute Gasteiger partial charge is 0.417 e. The molecule has 0 spiro atoms. The normalized spacial score (nSPS) is 12.6. The summed E-state index contributed by atoms with van der Waals surface area (Å²) in [5.41, 5.74) is -4.73. The van der Waals surface area contributed by atoms with Crippen LogP contribution in [-0.4, -0.2) is 26.2 Å². The van der Waals surface area contributed by atoms with Gasteiger partial charge >= 0.3 is 24.3 Å². The van der Waals surface area contributed by atoms with Gasteiger partial charge in [-0.25, -0.2) is 9.59 Å². The van der Waals surface area contributed by atoms with E-state index in [-0.39, 0.29) is 6.07 Å². The summed E-state index contributed by atoms with van der Waals surface area (Å²) in [6, 6.07) is 0.254. The number of hydrogen-bond acceptors (Lipinski definition) is 5. The number of rotatable bonds is 4. The van der Waals surface area contributed by atoms with Crippen molar-refractivity contribution in [2.75, 3.05) is 19.5 Å². The predicted octanol–water partition coefficient (Wildman–Crippen LogP) is 4.13. The number of benzene rings is 1.